The number of rotatable bonds is 4. The van der Waals surface area contributed by atoms with Crippen LogP contribution in [0.3, 0.4) is 0 Å². The van der Waals surface area contributed by atoms with E-state index in [9.17, 15) is 0 Å². The molecule has 0 heterocycles. The maximum absolute atomic E-state index is 8.53. The first kappa shape index (κ1) is 12.3. The summed E-state index contributed by atoms with van der Waals surface area (Å²) in [4.78, 5) is 0. The van der Waals surface area contributed by atoms with Crippen molar-refractivity contribution >= 4 is 23.2 Å². The van der Waals surface area contributed by atoms with Crippen molar-refractivity contribution in [3.05, 3.63) is 33.8 Å². The first-order chi connectivity index (χ1) is 7.19. The summed E-state index contributed by atoms with van der Waals surface area (Å²) in [5.74, 6) is 0. The molecule has 0 amide bonds. The van der Waals surface area contributed by atoms with Crippen LogP contribution in [0, 0.1) is 11.3 Å². The van der Waals surface area contributed by atoms with Crippen molar-refractivity contribution in [2.24, 2.45) is 0 Å². The van der Waals surface area contributed by atoms with Crippen LogP contribution in [0.15, 0.2) is 18.2 Å². The zero-order valence-corrected chi connectivity index (χ0v) is 9.94. The van der Waals surface area contributed by atoms with Crippen molar-refractivity contribution in [2.45, 2.75) is 18.9 Å². The Morgan fingerprint density at radius 2 is 2.13 bits per heavy atom. The molecule has 0 fully saturated rings. The maximum atomic E-state index is 8.53. The summed E-state index contributed by atoms with van der Waals surface area (Å²) in [6.45, 7) is 0. The summed E-state index contributed by atoms with van der Waals surface area (Å²) in [6, 6.07) is 7.81. The molecule has 0 saturated carbocycles. The molecule has 0 aliphatic heterocycles. The number of hydrogen-bond donors (Lipinski definition) is 1. The molecule has 2 nitrogen and oxygen atoms in total. The van der Waals surface area contributed by atoms with Crippen molar-refractivity contribution < 1.29 is 0 Å². The van der Waals surface area contributed by atoms with E-state index < -0.39 is 0 Å². The summed E-state index contributed by atoms with van der Waals surface area (Å²) in [6.07, 6.45) is 1.29. The van der Waals surface area contributed by atoms with E-state index in [-0.39, 0.29) is 6.04 Å². The van der Waals surface area contributed by atoms with E-state index in [0.717, 1.165) is 12.0 Å². The second-order valence-corrected chi connectivity index (χ2v) is 4.03. The zero-order valence-electron chi connectivity index (χ0n) is 8.43. The van der Waals surface area contributed by atoms with Gasteiger partial charge in [-0.15, -0.1) is 0 Å². The van der Waals surface area contributed by atoms with Crippen LogP contribution in [0.5, 0.6) is 0 Å². The molecule has 0 aliphatic carbocycles. The Morgan fingerprint density at radius 1 is 1.40 bits per heavy atom. The quantitative estimate of drug-likeness (QED) is 0.877. The van der Waals surface area contributed by atoms with Crippen molar-refractivity contribution in [1.29, 1.82) is 5.26 Å². The van der Waals surface area contributed by atoms with E-state index in [0.29, 0.717) is 16.5 Å². The fourth-order valence-electron chi connectivity index (χ4n) is 1.42. The van der Waals surface area contributed by atoms with E-state index in [2.05, 4.69) is 11.4 Å². The first-order valence-corrected chi connectivity index (χ1v) is 5.43. The lowest BCUT2D eigenvalue weighted by molar-refractivity contribution is 0.557. The number of benzene rings is 1. The second kappa shape index (κ2) is 5.97. The SMILES string of the molecule is CNC(CCC#N)c1ccc(Cl)c(Cl)c1. The molecule has 80 valence electrons. The Balaban J connectivity index is 2.83. The monoisotopic (exact) mass is 242 g/mol. The molecule has 0 saturated heterocycles. The van der Waals surface area contributed by atoms with Crippen LogP contribution < -0.4 is 5.32 Å². The highest BCUT2D eigenvalue weighted by Crippen LogP contribution is 2.27. The zero-order chi connectivity index (χ0) is 11.3. The lowest BCUT2D eigenvalue weighted by Gasteiger charge is -2.15. The Kier molecular flexibility index (Phi) is 4.90. The van der Waals surface area contributed by atoms with Gasteiger partial charge in [-0.05, 0) is 31.2 Å². The minimum Gasteiger partial charge on any atom is -0.313 e. The van der Waals surface area contributed by atoms with Gasteiger partial charge in [-0.3, -0.25) is 0 Å². The summed E-state index contributed by atoms with van der Waals surface area (Å²) in [7, 11) is 1.87. The van der Waals surface area contributed by atoms with Crippen LogP contribution >= 0.6 is 23.2 Å². The molecule has 1 N–H and O–H groups in total. The highest BCUT2D eigenvalue weighted by Gasteiger charge is 2.10. The number of hydrogen-bond acceptors (Lipinski definition) is 2. The average Bonchev–Trinajstić information content (AvgIpc) is 2.24. The molecule has 4 heteroatoms. The summed E-state index contributed by atoms with van der Waals surface area (Å²) >= 11 is 11.8. The largest absolute Gasteiger partial charge is 0.313 e. The standard InChI is InChI=1S/C11H12Cl2N2/c1-15-11(3-2-6-14)8-4-5-9(12)10(13)7-8/h4-5,7,11,15H,2-3H2,1H3. The van der Waals surface area contributed by atoms with Gasteiger partial charge in [0.25, 0.3) is 0 Å². The van der Waals surface area contributed by atoms with Crippen molar-refractivity contribution in [3.63, 3.8) is 0 Å². The molecule has 0 bridgehead atoms. The predicted octanol–water partition coefficient (Wildman–Crippen LogP) is 3.56. The molecule has 0 spiro atoms. The Morgan fingerprint density at radius 3 is 2.67 bits per heavy atom. The molecule has 0 radical (unpaired) electrons. The van der Waals surface area contributed by atoms with Crippen LogP contribution in [0.4, 0.5) is 0 Å². The second-order valence-electron chi connectivity index (χ2n) is 3.21. The number of nitriles is 1. The van der Waals surface area contributed by atoms with Crippen LogP contribution in [-0.2, 0) is 0 Å². The molecular weight excluding hydrogens is 231 g/mol. The van der Waals surface area contributed by atoms with Crippen molar-refractivity contribution in [2.75, 3.05) is 7.05 Å². The van der Waals surface area contributed by atoms with Gasteiger partial charge < -0.3 is 5.32 Å². The Hall–Kier alpha value is -0.750. The van der Waals surface area contributed by atoms with Gasteiger partial charge in [-0.2, -0.15) is 5.26 Å². The minimum atomic E-state index is 0.152. The fraction of sp³-hybridized carbons (Fsp3) is 0.364. The Labute approximate surface area is 99.8 Å². The molecule has 0 aromatic heterocycles. The number of halogens is 2. The van der Waals surface area contributed by atoms with Gasteiger partial charge in [-0.25, -0.2) is 0 Å². The number of nitrogens with zero attached hydrogens (tertiary/aromatic N) is 1. The highest BCUT2D eigenvalue weighted by molar-refractivity contribution is 6.42. The van der Waals surface area contributed by atoms with Gasteiger partial charge in [0, 0.05) is 12.5 Å². The molecular formula is C11H12Cl2N2. The van der Waals surface area contributed by atoms with Gasteiger partial charge in [0.2, 0.25) is 0 Å². The summed E-state index contributed by atoms with van der Waals surface area (Å²) < 4.78 is 0. The van der Waals surface area contributed by atoms with Crippen LogP contribution in [0.1, 0.15) is 24.4 Å². The van der Waals surface area contributed by atoms with Gasteiger partial charge in [-0.1, -0.05) is 29.3 Å². The molecule has 1 unspecified atom stereocenters. The van der Waals surface area contributed by atoms with Gasteiger partial charge in [0.1, 0.15) is 0 Å². The van der Waals surface area contributed by atoms with Gasteiger partial charge >= 0.3 is 0 Å². The van der Waals surface area contributed by atoms with Crippen LogP contribution in [0.25, 0.3) is 0 Å². The minimum absolute atomic E-state index is 0.152. The third-order valence-corrected chi connectivity index (χ3v) is 2.98. The van der Waals surface area contributed by atoms with E-state index >= 15 is 0 Å². The van der Waals surface area contributed by atoms with Crippen LogP contribution in [0.2, 0.25) is 10.0 Å². The lowest BCUT2D eigenvalue weighted by Crippen LogP contribution is -2.16. The molecule has 15 heavy (non-hydrogen) atoms. The highest BCUT2D eigenvalue weighted by atomic mass is 35.5. The third kappa shape index (κ3) is 3.39. The first-order valence-electron chi connectivity index (χ1n) is 4.68. The maximum Gasteiger partial charge on any atom is 0.0622 e. The molecule has 1 aromatic carbocycles. The normalized spacial score (nSPS) is 12.1. The smallest absolute Gasteiger partial charge is 0.0622 e. The summed E-state index contributed by atoms with van der Waals surface area (Å²) in [5, 5.41) is 12.8. The van der Waals surface area contributed by atoms with E-state index in [1.54, 1.807) is 6.07 Å². The van der Waals surface area contributed by atoms with E-state index in [1.807, 2.05) is 19.2 Å². The molecule has 1 rings (SSSR count). The molecule has 1 atom stereocenters. The van der Waals surface area contributed by atoms with Gasteiger partial charge in [0.05, 0.1) is 16.1 Å². The fourth-order valence-corrected chi connectivity index (χ4v) is 1.72. The average molecular weight is 243 g/mol. The summed E-state index contributed by atoms with van der Waals surface area (Å²) in [5.41, 5.74) is 1.06. The lowest BCUT2D eigenvalue weighted by atomic mass is 10.0. The third-order valence-electron chi connectivity index (χ3n) is 2.24. The Bertz CT molecular complexity index is 371. The van der Waals surface area contributed by atoms with Crippen molar-refractivity contribution in [3.8, 4) is 6.07 Å². The van der Waals surface area contributed by atoms with E-state index in [4.69, 9.17) is 28.5 Å². The van der Waals surface area contributed by atoms with E-state index in [1.165, 1.54) is 0 Å². The molecule has 0 aliphatic rings. The van der Waals surface area contributed by atoms with Gasteiger partial charge in [0.15, 0.2) is 0 Å². The van der Waals surface area contributed by atoms with Crippen molar-refractivity contribution in [1.82, 2.24) is 5.32 Å². The predicted molar refractivity (Wildman–Crippen MR) is 63.1 cm³/mol. The topological polar surface area (TPSA) is 35.8 Å². The number of nitrogens with one attached hydrogen (secondary N) is 1. The molecule has 1 aromatic rings. The van der Waals surface area contributed by atoms with Crippen LogP contribution in [-0.4, -0.2) is 7.05 Å².